The van der Waals surface area contributed by atoms with Crippen molar-refractivity contribution in [2.24, 2.45) is 0 Å². The van der Waals surface area contributed by atoms with Crippen LogP contribution in [0.15, 0.2) is 30.0 Å². The van der Waals surface area contributed by atoms with Gasteiger partial charge in [-0.25, -0.2) is 0 Å². The molecule has 82 valence electrons. The lowest BCUT2D eigenvalue weighted by atomic mass is 10.1. The normalized spacial score (nSPS) is 17.2. The van der Waals surface area contributed by atoms with Crippen LogP contribution >= 0.6 is 12.2 Å². The van der Waals surface area contributed by atoms with Gasteiger partial charge in [-0.05, 0) is 24.4 Å². The van der Waals surface area contributed by atoms with Crippen molar-refractivity contribution in [3.05, 3.63) is 35.5 Å². The molecule has 0 atom stereocenters. The van der Waals surface area contributed by atoms with E-state index in [1.165, 1.54) is 0 Å². The standard InChI is InChI=1S/C11H10N2O2S/c1-15-9-5-3-2-4-7(9)6-8-10(14)13-11(16)12-8/h2-6H,1H3,(H2,12,13,14,16)/b8-6-. The van der Waals surface area contributed by atoms with E-state index in [1.54, 1.807) is 13.2 Å². The summed E-state index contributed by atoms with van der Waals surface area (Å²) in [6, 6.07) is 7.44. The summed E-state index contributed by atoms with van der Waals surface area (Å²) < 4.78 is 5.18. The van der Waals surface area contributed by atoms with Gasteiger partial charge >= 0.3 is 0 Å². The predicted molar refractivity (Wildman–Crippen MR) is 64.8 cm³/mol. The van der Waals surface area contributed by atoms with Crippen LogP contribution in [-0.4, -0.2) is 18.1 Å². The predicted octanol–water partition coefficient (Wildman–Crippen LogP) is 1.04. The molecule has 1 aromatic rings. The van der Waals surface area contributed by atoms with Crippen LogP contribution in [0.5, 0.6) is 5.75 Å². The zero-order chi connectivity index (χ0) is 11.5. The molecule has 1 fully saturated rings. The summed E-state index contributed by atoms with van der Waals surface area (Å²) in [5.74, 6) is 0.485. The highest BCUT2D eigenvalue weighted by Gasteiger charge is 2.20. The van der Waals surface area contributed by atoms with Gasteiger partial charge in [-0.15, -0.1) is 0 Å². The fourth-order valence-electron chi connectivity index (χ4n) is 1.42. The van der Waals surface area contributed by atoms with Crippen molar-refractivity contribution in [3.8, 4) is 5.75 Å². The molecule has 0 spiro atoms. The Labute approximate surface area is 98.3 Å². The first kappa shape index (κ1) is 10.6. The quantitative estimate of drug-likeness (QED) is 0.593. The number of carbonyl (C=O) groups is 1. The van der Waals surface area contributed by atoms with Gasteiger partial charge in [-0.3, -0.25) is 10.1 Å². The Morgan fingerprint density at radius 3 is 2.69 bits per heavy atom. The first-order valence-electron chi connectivity index (χ1n) is 4.68. The van der Waals surface area contributed by atoms with Gasteiger partial charge in [-0.1, -0.05) is 18.2 Å². The number of thiocarbonyl (C=S) groups is 1. The Bertz CT molecular complexity index is 483. The Kier molecular flexibility index (Phi) is 2.87. The number of hydrogen-bond acceptors (Lipinski definition) is 3. The molecule has 5 heteroatoms. The van der Waals surface area contributed by atoms with Crippen molar-refractivity contribution < 1.29 is 9.53 Å². The molecule has 2 rings (SSSR count). The molecule has 4 nitrogen and oxygen atoms in total. The van der Waals surface area contributed by atoms with Gasteiger partial charge in [0.1, 0.15) is 11.4 Å². The summed E-state index contributed by atoms with van der Waals surface area (Å²) in [6.45, 7) is 0. The van der Waals surface area contributed by atoms with Gasteiger partial charge in [0.2, 0.25) is 0 Å². The zero-order valence-electron chi connectivity index (χ0n) is 8.61. The van der Waals surface area contributed by atoms with Gasteiger partial charge in [0.05, 0.1) is 7.11 Å². The number of methoxy groups -OCH3 is 1. The van der Waals surface area contributed by atoms with E-state index in [-0.39, 0.29) is 5.91 Å². The number of rotatable bonds is 2. The fraction of sp³-hybridized carbons (Fsp3) is 0.0909. The third-order valence-electron chi connectivity index (χ3n) is 2.16. The van der Waals surface area contributed by atoms with E-state index in [0.29, 0.717) is 16.6 Å². The van der Waals surface area contributed by atoms with E-state index >= 15 is 0 Å². The molecule has 1 aliphatic rings. The summed E-state index contributed by atoms with van der Waals surface area (Å²) in [4.78, 5) is 11.4. The van der Waals surface area contributed by atoms with E-state index < -0.39 is 0 Å². The minimum atomic E-state index is -0.226. The largest absolute Gasteiger partial charge is 0.496 e. The lowest BCUT2D eigenvalue weighted by Gasteiger charge is -2.04. The second kappa shape index (κ2) is 4.32. The van der Waals surface area contributed by atoms with Crippen molar-refractivity contribution in [2.45, 2.75) is 0 Å². The molecule has 0 unspecified atom stereocenters. The number of amides is 1. The highest BCUT2D eigenvalue weighted by atomic mass is 32.1. The molecule has 16 heavy (non-hydrogen) atoms. The third-order valence-corrected chi connectivity index (χ3v) is 2.36. The average molecular weight is 234 g/mol. The molecule has 1 aromatic carbocycles. The second-order valence-corrected chi connectivity index (χ2v) is 3.62. The van der Waals surface area contributed by atoms with Crippen molar-refractivity contribution >= 4 is 29.3 Å². The molecule has 0 aromatic heterocycles. The van der Waals surface area contributed by atoms with E-state index in [1.807, 2.05) is 24.3 Å². The summed E-state index contributed by atoms with van der Waals surface area (Å²) in [6.07, 6.45) is 1.70. The minimum absolute atomic E-state index is 0.226. The molecular formula is C11H10N2O2S. The molecular weight excluding hydrogens is 224 g/mol. The highest BCUT2D eigenvalue weighted by Crippen LogP contribution is 2.20. The lowest BCUT2D eigenvalue weighted by molar-refractivity contribution is -0.115. The third kappa shape index (κ3) is 2.04. The summed E-state index contributed by atoms with van der Waals surface area (Å²) >= 11 is 4.84. The maximum Gasteiger partial charge on any atom is 0.273 e. The summed E-state index contributed by atoms with van der Waals surface area (Å²) in [5.41, 5.74) is 1.25. The molecule has 1 heterocycles. The summed E-state index contributed by atoms with van der Waals surface area (Å²) in [7, 11) is 1.59. The Morgan fingerprint density at radius 1 is 1.31 bits per heavy atom. The number of benzene rings is 1. The van der Waals surface area contributed by atoms with Crippen molar-refractivity contribution in [1.29, 1.82) is 0 Å². The van der Waals surface area contributed by atoms with Crippen LogP contribution in [0.1, 0.15) is 5.56 Å². The van der Waals surface area contributed by atoms with Crippen LogP contribution < -0.4 is 15.4 Å². The van der Waals surface area contributed by atoms with Crippen LogP contribution in [0.2, 0.25) is 0 Å². The molecule has 0 saturated carbocycles. The van der Waals surface area contributed by atoms with E-state index in [4.69, 9.17) is 17.0 Å². The van der Waals surface area contributed by atoms with Crippen LogP contribution in [-0.2, 0) is 4.79 Å². The Morgan fingerprint density at radius 2 is 2.06 bits per heavy atom. The first-order valence-corrected chi connectivity index (χ1v) is 5.08. The molecule has 0 radical (unpaired) electrons. The van der Waals surface area contributed by atoms with Crippen molar-refractivity contribution in [2.75, 3.05) is 7.11 Å². The highest BCUT2D eigenvalue weighted by molar-refractivity contribution is 7.80. The fourth-order valence-corrected chi connectivity index (χ4v) is 1.63. The van der Waals surface area contributed by atoms with Gasteiger partial charge in [0.15, 0.2) is 5.11 Å². The zero-order valence-corrected chi connectivity index (χ0v) is 9.43. The van der Waals surface area contributed by atoms with E-state index in [2.05, 4.69) is 10.6 Å². The van der Waals surface area contributed by atoms with Gasteiger partial charge in [0.25, 0.3) is 5.91 Å². The molecule has 1 saturated heterocycles. The van der Waals surface area contributed by atoms with E-state index in [0.717, 1.165) is 5.56 Å². The van der Waals surface area contributed by atoms with E-state index in [9.17, 15) is 4.79 Å². The second-order valence-electron chi connectivity index (χ2n) is 3.21. The number of nitrogens with one attached hydrogen (secondary N) is 2. The van der Waals surface area contributed by atoms with Gasteiger partial charge in [-0.2, -0.15) is 0 Å². The minimum Gasteiger partial charge on any atom is -0.496 e. The topological polar surface area (TPSA) is 50.4 Å². The lowest BCUT2D eigenvalue weighted by Crippen LogP contribution is -2.21. The van der Waals surface area contributed by atoms with Crippen molar-refractivity contribution in [3.63, 3.8) is 0 Å². The monoisotopic (exact) mass is 234 g/mol. The van der Waals surface area contributed by atoms with Crippen LogP contribution in [0.4, 0.5) is 0 Å². The SMILES string of the molecule is COc1ccccc1/C=C1\NC(=S)NC1=O. The maximum atomic E-state index is 11.4. The maximum absolute atomic E-state index is 11.4. The Balaban J connectivity index is 2.36. The molecule has 0 aliphatic carbocycles. The molecule has 1 aliphatic heterocycles. The first-order chi connectivity index (χ1) is 7.70. The molecule has 1 amide bonds. The van der Waals surface area contributed by atoms with Gasteiger partial charge < -0.3 is 10.1 Å². The molecule has 0 bridgehead atoms. The molecule has 2 N–H and O–H groups in total. The number of carbonyl (C=O) groups excluding carboxylic acids is 1. The Hall–Kier alpha value is -1.88. The summed E-state index contributed by atoms with van der Waals surface area (Å²) in [5, 5.41) is 5.60. The van der Waals surface area contributed by atoms with Crippen LogP contribution in [0, 0.1) is 0 Å². The van der Waals surface area contributed by atoms with Gasteiger partial charge in [0, 0.05) is 5.56 Å². The smallest absolute Gasteiger partial charge is 0.273 e. The number of ether oxygens (including phenoxy) is 1. The number of para-hydroxylation sites is 1. The van der Waals surface area contributed by atoms with Crippen molar-refractivity contribution in [1.82, 2.24) is 10.6 Å². The number of hydrogen-bond donors (Lipinski definition) is 2. The van der Waals surface area contributed by atoms with Crippen LogP contribution in [0.3, 0.4) is 0 Å². The van der Waals surface area contributed by atoms with Crippen LogP contribution in [0.25, 0.3) is 6.08 Å². The average Bonchev–Trinajstić information content (AvgIpc) is 2.58.